The summed E-state index contributed by atoms with van der Waals surface area (Å²) in [7, 11) is 1.68. The molecule has 4 rings (SSSR count). The molecule has 0 unspecified atom stereocenters. The zero-order chi connectivity index (χ0) is 26.9. The molecule has 38 heavy (non-hydrogen) atoms. The second-order valence-corrected chi connectivity index (χ2v) is 10.3. The van der Waals surface area contributed by atoms with Gasteiger partial charge in [0.2, 0.25) is 17.7 Å². The van der Waals surface area contributed by atoms with Crippen molar-refractivity contribution in [2.45, 2.75) is 63.6 Å². The molecule has 2 aliphatic rings. The zero-order valence-electron chi connectivity index (χ0n) is 22.5. The molecule has 2 aromatic rings. The van der Waals surface area contributed by atoms with E-state index in [-0.39, 0.29) is 23.8 Å². The van der Waals surface area contributed by atoms with Gasteiger partial charge in [0.15, 0.2) is 0 Å². The number of benzene rings is 2. The first-order valence-corrected chi connectivity index (χ1v) is 13.8. The van der Waals surface area contributed by atoms with Gasteiger partial charge >= 0.3 is 0 Å². The number of rotatable bonds is 2. The van der Waals surface area contributed by atoms with Gasteiger partial charge in [-0.15, -0.1) is 0 Å². The van der Waals surface area contributed by atoms with Crippen molar-refractivity contribution in [1.82, 2.24) is 20.4 Å². The Hall–Kier alpha value is -3.39. The van der Waals surface area contributed by atoms with Crippen LogP contribution in [0.2, 0.25) is 0 Å². The molecular weight excluding hydrogens is 480 g/mol. The number of nitrogens with zero attached hydrogens (tertiary/aromatic N) is 2. The number of fused-ring (bicyclic) bond motifs is 2. The van der Waals surface area contributed by atoms with Crippen LogP contribution in [0.5, 0.6) is 5.75 Å². The van der Waals surface area contributed by atoms with E-state index in [4.69, 9.17) is 4.74 Å². The molecule has 1 fully saturated rings. The Morgan fingerprint density at radius 1 is 0.921 bits per heavy atom. The highest BCUT2D eigenvalue weighted by Crippen LogP contribution is 2.22. The van der Waals surface area contributed by atoms with E-state index in [0.717, 1.165) is 55.5 Å². The Bertz CT molecular complexity index is 1090. The number of hydrogen-bond acceptors (Lipinski definition) is 5. The van der Waals surface area contributed by atoms with E-state index in [0.29, 0.717) is 26.1 Å². The van der Waals surface area contributed by atoms with Crippen molar-refractivity contribution in [1.29, 1.82) is 0 Å². The summed E-state index contributed by atoms with van der Waals surface area (Å²) in [5.41, 5.74) is 2.05. The number of amides is 3. The SMILES string of the molecule is C[C@@H]1C(=O)N[C@H](Cc2ccccc2)C(=O)NCCCc2ccccc2OCCN2CCCC[C@H]2C(=O)N1C. The maximum Gasteiger partial charge on any atom is 0.243 e. The molecule has 2 aliphatic heterocycles. The van der Waals surface area contributed by atoms with Gasteiger partial charge in [-0.2, -0.15) is 0 Å². The van der Waals surface area contributed by atoms with Gasteiger partial charge in [-0.1, -0.05) is 55.0 Å². The smallest absolute Gasteiger partial charge is 0.243 e. The van der Waals surface area contributed by atoms with Gasteiger partial charge in [0.25, 0.3) is 0 Å². The van der Waals surface area contributed by atoms with Crippen molar-refractivity contribution in [3.8, 4) is 5.75 Å². The van der Waals surface area contributed by atoms with Gasteiger partial charge in [0.05, 0.1) is 6.04 Å². The lowest BCUT2D eigenvalue weighted by Gasteiger charge is -2.38. The molecule has 2 heterocycles. The lowest BCUT2D eigenvalue weighted by Crippen LogP contribution is -2.57. The Balaban J connectivity index is 1.56. The summed E-state index contributed by atoms with van der Waals surface area (Å²) >= 11 is 0. The minimum atomic E-state index is -0.739. The van der Waals surface area contributed by atoms with Crippen LogP contribution >= 0.6 is 0 Å². The predicted molar refractivity (Wildman–Crippen MR) is 147 cm³/mol. The minimum absolute atomic E-state index is 0.0714. The highest BCUT2D eigenvalue weighted by Gasteiger charge is 2.35. The fourth-order valence-corrected chi connectivity index (χ4v) is 5.23. The number of piperidine rings is 1. The molecule has 0 saturated carbocycles. The van der Waals surface area contributed by atoms with E-state index in [1.807, 2.05) is 48.5 Å². The van der Waals surface area contributed by atoms with Gasteiger partial charge in [0, 0.05) is 26.6 Å². The second-order valence-electron chi connectivity index (χ2n) is 10.3. The first-order valence-electron chi connectivity index (χ1n) is 13.8. The number of para-hydroxylation sites is 1. The summed E-state index contributed by atoms with van der Waals surface area (Å²) in [4.78, 5) is 43.7. The van der Waals surface area contributed by atoms with Gasteiger partial charge in [-0.3, -0.25) is 19.3 Å². The van der Waals surface area contributed by atoms with Crippen LogP contribution < -0.4 is 15.4 Å². The van der Waals surface area contributed by atoms with Crippen LogP contribution in [0, 0.1) is 0 Å². The van der Waals surface area contributed by atoms with E-state index in [9.17, 15) is 14.4 Å². The van der Waals surface area contributed by atoms with Crippen LogP contribution in [0.1, 0.15) is 43.7 Å². The van der Waals surface area contributed by atoms with Gasteiger partial charge in [-0.05, 0) is 56.3 Å². The van der Waals surface area contributed by atoms with Crippen LogP contribution in [0.25, 0.3) is 0 Å². The van der Waals surface area contributed by atoms with Crippen molar-refractivity contribution < 1.29 is 19.1 Å². The summed E-state index contributed by atoms with van der Waals surface area (Å²) < 4.78 is 6.17. The van der Waals surface area contributed by atoms with Gasteiger partial charge < -0.3 is 20.3 Å². The average molecular weight is 521 g/mol. The molecule has 0 radical (unpaired) electrons. The molecule has 1 saturated heterocycles. The summed E-state index contributed by atoms with van der Waals surface area (Å²) in [6, 6.07) is 15.9. The first kappa shape index (κ1) is 27.6. The summed E-state index contributed by atoms with van der Waals surface area (Å²) in [5.74, 6) is 0.211. The van der Waals surface area contributed by atoms with Crippen LogP contribution in [0.15, 0.2) is 54.6 Å². The van der Waals surface area contributed by atoms with Gasteiger partial charge in [0.1, 0.15) is 24.4 Å². The van der Waals surface area contributed by atoms with E-state index in [2.05, 4.69) is 21.6 Å². The third-order valence-corrected chi connectivity index (χ3v) is 7.65. The third-order valence-electron chi connectivity index (χ3n) is 7.65. The molecule has 2 aromatic carbocycles. The predicted octanol–water partition coefficient (Wildman–Crippen LogP) is 2.56. The molecule has 3 atom stereocenters. The molecular formula is C30H40N4O4. The first-order chi connectivity index (χ1) is 18.4. The quantitative estimate of drug-likeness (QED) is 0.635. The van der Waals surface area contributed by atoms with Crippen molar-refractivity contribution in [3.05, 3.63) is 65.7 Å². The van der Waals surface area contributed by atoms with E-state index >= 15 is 0 Å². The molecule has 0 spiro atoms. The summed E-state index contributed by atoms with van der Waals surface area (Å²) in [5, 5.41) is 5.93. The van der Waals surface area contributed by atoms with Crippen molar-refractivity contribution in [2.24, 2.45) is 0 Å². The third kappa shape index (κ3) is 7.13. The maximum atomic E-state index is 13.5. The van der Waals surface area contributed by atoms with Crippen molar-refractivity contribution in [2.75, 3.05) is 33.3 Å². The Morgan fingerprint density at radius 2 is 1.68 bits per heavy atom. The molecule has 8 heteroatoms. The largest absolute Gasteiger partial charge is 0.492 e. The van der Waals surface area contributed by atoms with Crippen LogP contribution in [0.4, 0.5) is 0 Å². The zero-order valence-corrected chi connectivity index (χ0v) is 22.5. The highest BCUT2D eigenvalue weighted by atomic mass is 16.5. The van der Waals surface area contributed by atoms with E-state index in [1.54, 1.807) is 14.0 Å². The number of ether oxygens (including phenoxy) is 1. The number of carbonyl (C=O) groups excluding carboxylic acids is 3. The maximum absolute atomic E-state index is 13.5. The molecule has 0 bridgehead atoms. The average Bonchev–Trinajstić information content (AvgIpc) is 2.94. The number of aryl methyl sites for hydroxylation is 1. The summed E-state index contributed by atoms with van der Waals surface area (Å²) in [6.07, 6.45) is 4.66. The molecule has 204 valence electrons. The molecule has 0 aliphatic carbocycles. The molecule has 2 N–H and O–H groups in total. The lowest BCUT2D eigenvalue weighted by molar-refractivity contribution is -0.144. The van der Waals surface area contributed by atoms with Crippen molar-refractivity contribution >= 4 is 17.7 Å². The fourth-order valence-electron chi connectivity index (χ4n) is 5.23. The monoisotopic (exact) mass is 520 g/mol. The molecule has 0 aromatic heterocycles. The highest BCUT2D eigenvalue weighted by molar-refractivity contribution is 5.93. The number of nitrogens with one attached hydrogen (secondary N) is 2. The molecule has 8 nitrogen and oxygen atoms in total. The Kier molecular flexibility index (Phi) is 9.76. The number of hydrogen-bond donors (Lipinski definition) is 2. The lowest BCUT2D eigenvalue weighted by atomic mass is 10.00. The molecule has 3 amide bonds. The van der Waals surface area contributed by atoms with Gasteiger partial charge in [-0.25, -0.2) is 0 Å². The van der Waals surface area contributed by atoms with Crippen LogP contribution in [-0.2, 0) is 27.2 Å². The Morgan fingerprint density at radius 3 is 2.50 bits per heavy atom. The number of likely N-dealkylation sites (N-methyl/N-ethyl adjacent to an activating group) is 1. The topological polar surface area (TPSA) is 91.0 Å². The van der Waals surface area contributed by atoms with Crippen LogP contribution in [-0.4, -0.2) is 78.9 Å². The second kappa shape index (κ2) is 13.4. The normalized spacial score (nSPS) is 24.6. The van der Waals surface area contributed by atoms with Crippen LogP contribution in [0.3, 0.4) is 0 Å². The van der Waals surface area contributed by atoms with E-state index < -0.39 is 12.1 Å². The van der Waals surface area contributed by atoms with Crippen molar-refractivity contribution in [3.63, 3.8) is 0 Å². The minimum Gasteiger partial charge on any atom is -0.492 e. The standard InChI is InChI=1S/C30H40N4O4/c1-22-28(35)32-25(21-23-11-4-3-5-12-23)29(36)31-17-10-14-24-13-6-7-16-27(24)38-20-19-34-18-9-8-15-26(34)30(37)33(22)2/h3-7,11-13,16,22,25-26H,8-10,14-15,17-21H2,1-2H3,(H,31,36)(H,32,35)/t22-,25-,26+/m1/s1. The Labute approximate surface area is 225 Å². The van der Waals surface area contributed by atoms with E-state index in [1.165, 1.54) is 4.90 Å². The number of carbonyl (C=O) groups is 3. The fraction of sp³-hybridized carbons (Fsp3) is 0.500. The summed E-state index contributed by atoms with van der Waals surface area (Å²) in [6.45, 7) is 4.16.